The van der Waals surface area contributed by atoms with E-state index in [2.05, 4.69) is 5.32 Å². The first kappa shape index (κ1) is 26.7. The van der Waals surface area contributed by atoms with E-state index < -0.39 is 52.1 Å². The zero-order valence-electron chi connectivity index (χ0n) is 14.9. The molecule has 5 N–H and O–H groups in total. The average molecular weight is 749 g/mol. The number of carboxylic acid groups (broad SMARTS) is 2. The summed E-state index contributed by atoms with van der Waals surface area (Å²) in [6, 6.07) is 0. The number of alkyl halides is 1. The summed E-state index contributed by atoms with van der Waals surface area (Å²) in [4.78, 5) is 49.3. The van der Waals surface area contributed by atoms with Crippen molar-refractivity contribution in [2.75, 3.05) is 20.3 Å². The zero-order chi connectivity index (χ0) is 22.5. The van der Waals surface area contributed by atoms with Crippen LogP contribution in [0.1, 0.15) is 12.8 Å². The van der Waals surface area contributed by atoms with Crippen LogP contribution in [0.2, 0.25) is 0 Å². The van der Waals surface area contributed by atoms with Crippen LogP contribution in [0.15, 0.2) is 18.4 Å². The Morgan fingerprint density at radius 3 is 2.28 bits per heavy atom. The molecule has 1 amide bonds. The van der Waals surface area contributed by atoms with Crippen molar-refractivity contribution < 1.29 is 44.3 Å². The number of methoxy groups -OCH3 is 1. The number of rotatable bonds is 10. The maximum atomic E-state index is 13.1. The van der Waals surface area contributed by atoms with Gasteiger partial charge in [-0.25, -0.2) is 4.79 Å². The normalized spacial score (nSPS) is 23.0. The smallest absolute Gasteiger partial charge is 0.333 e. The number of halogens is 3. The Hall–Kier alpha value is -0.370. The summed E-state index contributed by atoms with van der Waals surface area (Å²) in [6.45, 7) is -0.964. The third-order valence-electron chi connectivity index (χ3n) is 4.12. The van der Waals surface area contributed by atoms with Gasteiger partial charge in [0.05, 0.1) is 27.9 Å². The summed E-state index contributed by atoms with van der Waals surface area (Å²) in [6.07, 6.45) is -1.84. The molecule has 0 heterocycles. The number of carbonyl (C=O) groups excluding carboxylic acids is 2. The van der Waals surface area contributed by atoms with Gasteiger partial charge in [-0.15, -0.1) is 0 Å². The fourth-order valence-electron chi connectivity index (χ4n) is 2.66. The number of allylic oxidation sites excluding steroid dienone is 1. The second-order valence-electron chi connectivity index (χ2n) is 5.98. The van der Waals surface area contributed by atoms with Crippen molar-refractivity contribution in [2.24, 2.45) is 5.41 Å². The molecule has 1 rings (SSSR count). The van der Waals surface area contributed by atoms with Crippen molar-refractivity contribution in [1.29, 1.82) is 0 Å². The Labute approximate surface area is 206 Å². The molecule has 0 aromatic rings. The molecule has 1 aliphatic rings. The first-order valence-corrected chi connectivity index (χ1v) is 11.4. The van der Waals surface area contributed by atoms with Crippen molar-refractivity contribution in [3.8, 4) is 0 Å². The number of carbonyl (C=O) groups is 4. The van der Waals surface area contributed by atoms with Gasteiger partial charge in [-0.3, -0.25) is 14.4 Å². The molecular weight excluding hydrogens is 731 g/mol. The summed E-state index contributed by atoms with van der Waals surface area (Å²) in [5, 5.41) is 40.6. The number of nitrogens with one attached hydrogen (secondary N) is 1. The molecule has 0 aromatic carbocycles. The monoisotopic (exact) mass is 749 g/mol. The number of Topliss-reactive ketones (excluding diaryl/α,β-unsaturated/α-hetero) is 1. The predicted molar refractivity (Wildman–Crippen MR) is 125 cm³/mol. The molecule has 0 saturated carbocycles. The number of hydrogen-bond acceptors (Lipinski definition) is 7. The van der Waals surface area contributed by atoms with E-state index in [9.17, 15) is 34.5 Å². The van der Waals surface area contributed by atoms with Gasteiger partial charge < -0.3 is 30.5 Å². The first-order chi connectivity index (χ1) is 13.5. The van der Waals surface area contributed by atoms with Crippen LogP contribution in [0.5, 0.6) is 0 Å². The maximum Gasteiger partial charge on any atom is 0.333 e. The minimum Gasteiger partial charge on any atom is -0.480 e. The number of aliphatic carboxylic acids is 2. The standard InChI is InChI=1S/C16H18I3NO9/c1-29-5-8(24)20-11-10(17)9(14(25)26)12(18)16(13(11)19,15(27)28)7(23)3-2-6(22)4-21/h6,12,21-22H,2-5H2,1H3,(H,20,24)(H,25,26)(H,27,28). The third-order valence-corrected chi connectivity index (χ3v) is 8.19. The highest BCUT2D eigenvalue weighted by molar-refractivity contribution is 14.1. The minimum absolute atomic E-state index is 0.0515. The molecule has 162 valence electrons. The van der Waals surface area contributed by atoms with E-state index in [1.807, 2.05) is 0 Å². The van der Waals surface area contributed by atoms with Crippen molar-refractivity contribution >= 4 is 91.4 Å². The fourth-order valence-corrected chi connectivity index (χ4v) is 8.06. The van der Waals surface area contributed by atoms with Crippen LogP contribution in [0.3, 0.4) is 0 Å². The van der Waals surface area contributed by atoms with Gasteiger partial charge in [0.2, 0.25) is 5.91 Å². The lowest BCUT2D eigenvalue weighted by molar-refractivity contribution is -0.151. The molecule has 0 radical (unpaired) electrons. The number of amides is 1. The highest BCUT2D eigenvalue weighted by Gasteiger charge is 2.59. The third kappa shape index (κ3) is 5.46. The van der Waals surface area contributed by atoms with E-state index in [1.165, 1.54) is 7.11 Å². The van der Waals surface area contributed by atoms with Crippen LogP contribution in [-0.4, -0.2) is 74.4 Å². The molecule has 0 aliphatic heterocycles. The summed E-state index contributed by atoms with van der Waals surface area (Å²) < 4.78 is 3.49. The summed E-state index contributed by atoms with van der Waals surface area (Å²) >= 11 is 4.92. The van der Waals surface area contributed by atoms with Gasteiger partial charge in [-0.2, -0.15) is 0 Å². The van der Waals surface area contributed by atoms with Gasteiger partial charge in [-0.05, 0) is 51.6 Å². The lowest BCUT2D eigenvalue weighted by Gasteiger charge is -2.38. The van der Waals surface area contributed by atoms with Crippen LogP contribution in [0.25, 0.3) is 0 Å². The quantitative estimate of drug-likeness (QED) is 0.123. The van der Waals surface area contributed by atoms with Gasteiger partial charge in [0, 0.05) is 20.7 Å². The molecule has 0 saturated heterocycles. The molecule has 1 aliphatic carbocycles. The Morgan fingerprint density at radius 2 is 1.83 bits per heavy atom. The number of ether oxygens (including phenoxy) is 1. The van der Waals surface area contributed by atoms with E-state index in [0.29, 0.717) is 0 Å². The molecule has 0 bridgehead atoms. The van der Waals surface area contributed by atoms with E-state index in [1.54, 1.807) is 67.8 Å². The zero-order valence-corrected chi connectivity index (χ0v) is 21.4. The molecule has 10 nitrogen and oxygen atoms in total. The Balaban J connectivity index is 3.66. The van der Waals surface area contributed by atoms with Crippen LogP contribution < -0.4 is 5.32 Å². The Bertz CT molecular complexity index is 780. The first-order valence-electron chi connectivity index (χ1n) is 7.98. The largest absolute Gasteiger partial charge is 0.480 e. The van der Waals surface area contributed by atoms with Crippen molar-refractivity contribution in [3.63, 3.8) is 0 Å². The second kappa shape index (κ2) is 11.3. The maximum absolute atomic E-state index is 13.1. The molecule has 13 heteroatoms. The molecule has 29 heavy (non-hydrogen) atoms. The summed E-state index contributed by atoms with van der Waals surface area (Å²) in [7, 11) is 1.28. The average Bonchev–Trinajstić information content (AvgIpc) is 2.63. The molecule has 3 unspecified atom stereocenters. The Kier molecular flexibility index (Phi) is 10.4. The molecule has 0 aromatic heterocycles. The lowest BCUT2D eigenvalue weighted by Crippen LogP contribution is -2.52. The fraction of sp³-hybridized carbons (Fsp3) is 0.500. The van der Waals surface area contributed by atoms with E-state index in [-0.39, 0.29) is 31.5 Å². The second-order valence-corrected chi connectivity index (χ2v) is 9.38. The lowest BCUT2D eigenvalue weighted by atomic mass is 9.72. The van der Waals surface area contributed by atoms with Crippen LogP contribution >= 0.6 is 67.8 Å². The SMILES string of the molecule is COCC(=O)NC1=C(I)C(C(=O)O)(C(=O)CCC(O)CO)C(I)C(C(=O)O)=C1I. The molecule has 0 fully saturated rings. The summed E-state index contributed by atoms with van der Waals surface area (Å²) in [5.41, 5.74) is -2.70. The number of aliphatic hydroxyl groups excluding tert-OH is 2. The number of ketones is 1. The highest BCUT2D eigenvalue weighted by Crippen LogP contribution is 2.52. The Morgan fingerprint density at radius 1 is 1.24 bits per heavy atom. The van der Waals surface area contributed by atoms with Gasteiger partial charge >= 0.3 is 11.9 Å². The van der Waals surface area contributed by atoms with E-state index >= 15 is 0 Å². The van der Waals surface area contributed by atoms with Crippen LogP contribution in [0, 0.1) is 5.41 Å². The predicted octanol–water partition coefficient (Wildman–Crippen LogP) is 0.760. The highest BCUT2D eigenvalue weighted by atomic mass is 127. The molecule has 3 atom stereocenters. The van der Waals surface area contributed by atoms with Crippen LogP contribution in [-0.2, 0) is 23.9 Å². The van der Waals surface area contributed by atoms with Crippen molar-refractivity contribution in [3.05, 3.63) is 18.4 Å². The van der Waals surface area contributed by atoms with Gasteiger partial charge in [-0.1, -0.05) is 22.6 Å². The minimum atomic E-state index is -2.28. The topological polar surface area (TPSA) is 170 Å². The van der Waals surface area contributed by atoms with Gasteiger partial charge in [0.1, 0.15) is 6.61 Å². The van der Waals surface area contributed by atoms with Crippen molar-refractivity contribution in [2.45, 2.75) is 22.9 Å². The van der Waals surface area contributed by atoms with E-state index in [0.717, 1.165) is 0 Å². The molecular formula is C16H18I3NO9. The van der Waals surface area contributed by atoms with Crippen molar-refractivity contribution in [1.82, 2.24) is 5.32 Å². The van der Waals surface area contributed by atoms with Gasteiger partial charge in [0.25, 0.3) is 0 Å². The number of aliphatic hydroxyl groups is 2. The van der Waals surface area contributed by atoms with E-state index in [4.69, 9.17) is 9.84 Å². The van der Waals surface area contributed by atoms with Gasteiger partial charge in [0.15, 0.2) is 11.2 Å². The van der Waals surface area contributed by atoms with Crippen LogP contribution in [0.4, 0.5) is 0 Å². The number of carboxylic acids is 2. The number of hydrogen-bond donors (Lipinski definition) is 5. The molecule has 0 spiro atoms. The summed E-state index contributed by atoms with van der Waals surface area (Å²) in [5.74, 6) is -4.50.